The van der Waals surface area contributed by atoms with Gasteiger partial charge >= 0.3 is 0 Å². The molecule has 0 aromatic carbocycles. The normalized spacial score (nSPS) is 16.7. The van der Waals surface area contributed by atoms with Gasteiger partial charge in [0.25, 0.3) is 10.1 Å². The molecular formula is C17H37FNO3S+. The average Bonchev–Trinajstić information content (AvgIpc) is 2.51. The van der Waals surface area contributed by atoms with Gasteiger partial charge in [0.1, 0.15) is 0 Å². The van der Waals surface area contributed by atoms with Gasteiger partial charge in [0, 0.05) is 0 Å². The second kappa shape index (κ2) is 12.2. The first-order valence-electron chi connectivity index (χ1n) is 9.07. The van der Waals surface area contributed by atoms with Crippen LogP contribution in [0.1, 0.15) is 77.6 Å². The maximum Gasteiger partial charge on any atom is 0.297 e. The van der Waals surface area contributed by atoms with Crippen LogP contribution in [0.15, 0.2) is 0 Å². The molecule has 140 valence electrons. The summed E-state index contributed by atoms with van der Waals surface area (Å²) in [5, 5.41) is 0. The molecule has 0 spiro atoms. The standard InChI is InChI=1S/C9H20N.C8H17FO3S/c1-10(2,3)9-7-5-4-6-8-9;1-2-3-4-5-6-7-8-13(10,11)12-9/h9H,4-8H2,1-3H3;2-8H2,1H3/q+1;. The highest BCUT2D eigenvalue weighted by Gasteiger charge is 2.24. The van der Waals surface area contributed by atoms with Gasteiger partial charge in [-0.05, 0) is 36.6 Å². The number of rotatable bonds is 9. The molecular weight excluding hydrogens is 317 g/mol. The van der Waals surface area contributed by atoms with Crippen LogP contribution in [0.25, 0.3) is 0 Å². The number of hydrogen-bond donors (Lipinski definition) is 0. The highest BCUT2D eigenvalue weighted by Crippen LogP contribution is 2.23. The summed E-state index contributed by atoms with van der Waals surface area (Å²) in [5.74, 6) is -0.213. The molecule has 1 saturated carbocycles. The van der Waals surface area contributed by atoms with E-state index in [0.29, 0.717) is 6.42 Å². The largest absolute Gasteiger partial charge is 0.328 e. The lowest BCUT2D eigenvalue weighted by Gasteiger charge is -2.36. The fourth-order valence-electron chi connectivity index (χ4n) is 2.95. The predicted molar refractivity (Wildman–Crippen MR) is 94.3 cm³/mol. The van der Waals surface area contributed by atoms with Gasteiger partial charge in [-0.1, -0.05) is 49.8 Å². The molecule has 0 bridgehead atoms. The van der Waals surface area contributed by atoms with Crippen molar-refractivity contribution in [2.45, 2.75) is 83.6 Å². The summed E-state index contributed by atoms with van der Waals surface area (Å²) in [6.45, 7) is 2.11. The van der Waals surface area contributed by atoms with Crippen LogP contribution in [0.4, 0.5) is 4.53 Å². The van der Waals surface area contributed by atoms with Crippen molar-refractivity contribution in [3.8, 4) is 0 Å². The summed E-state index contributed by atoms with van der Waals surface area (Å²) in [6.07, 6.45) is 13.0. The maximum absolute atomic E-state index is 11.3. The SMILES string of the molecule is CCCCCCCCS(=O)(=O)OF.C[N+](C)(C)C1CCCCC1. The van der Waals surface area contributed by atoms with E-state index in [1.807, 2.05) is 0 Å². The fourth-order valence-corrected chi connectivity index (χ4v) is 3.57. The van der Waals surface area contributed by atoms with Gasteiger partial charge in [-0.2, -0.15) is 8.42 Å². The maximum atomic E-state index is 11.3. The van der Waals surface area contributed by atoms with Gasteiger partial charge in [0.15, 0.2) is 0 Å². The van der Waals surface area contributed by atoms with Crippen molar-refractivity contribution < 1.29 is 21.8 Å². The second-order valence-electron chi connectivity index (χ2n) is 7.50. The Morgan fingerprint density at radius 1 is 0.957 bits per heavy atom. The molecule has 0 heterocycles. The molecule has 1 aliphatic carbocycles. The van der Waals surface area contributed by atoms with Crippen LogP contribution in [0.3, 0.4) is 0 Å². The molecule has 6 heteroatoms. The summed E-state index contributed by atoms with van der Waals surface area (Å²) in [6, 6.07) is 0.939. The van der Waals surface area contributed by atoms with Gasteiger partial charge in [-0.15, -0.1) is 0 Å². The molecule has 1 rings (SSSR count). The molecule has 0 atom stereocenters. The Morgan fingerprint density at radius 2 is 1.48 bits per heavy atom. The molecule has 0 N–H and O–H groups in total. The van der Waals surface area contributed by atoms with Gasteiger partial charge in [0.2, 0.25) is 0 Å². The van der Waals surface area contributed by atoms with Crippen LogP contribution in [-0.2, 0) is 14.5 Å². The van der Waals surface area contributed by atoms with Crippen LogP contribution in [0.2, 0.25) is 0 Å². The van der Waals surface area contributed by atoms with Crippen molar-refractivity contribution in [1.82, 2.24) is 0 Å². The molecule has 0 saturated heterocycles. The molecule has 0 aliphatic heterocycles. The van der Waals surface area contributed by atoms with E-state index in [2.05, 4.69) is 32.5 Å². The Bertz CT molecular complexity index is 374. The summed E-state index contributed by atoms with van der Waals surface area (Å²) in [4.78, 5) is 0. The molecule has 0 unspecified atom stereocenters. The Balaban J connectivity index is 0.000000433. The van der Waals surface area contributed by atoms with E-state index in [9.17, 15) is 12.9 Å². The minimum Gasteiger partial charge on any atom is -0.328 e. The van der Waals surface area contributed by atoms with Gasteiger partial charge < -0.3 is 4.48 Å². The molecule has 0 amide bonds. The van der Waals surface area contributed by atoms with Crippen molar-refractivity contribution >= 4 is 10.1 Å². The Morgan fingerprint density at radius 3 is 1.91 bits per heavy atom. The zero-order valence-corrected chi connectivity index (χ0v) is 16.3. The number of nitrogens with zero attached hydrogens (tertiary/aromatic N) is 1. The predicted octanol–water partition coefficient (Wildman–Crippen LogP) is 4.60. The first-order chi connectivity index (χ1) is 10.7. The minimum absolute atomic E-state index is 0.213. The van der Waals surface area contributed by atoms with Gasteiger partial charge in [-0.3, -0.25) is 0 Å². The third kappa shape index (κ3) is 12.8. The smallest absolute Gasteiger partial charge is 0.297 e. The van der Waals surface area contributed by atoms with Crippen molar-refractivity contribution in [3.63, 3.8) is 0 Å². The summed E-state index contributed by atoms with van der Waals surface area (Å²) in [7, 11) is 3.07. The average molecular weight is 355 g/mol. The van der Waals surface area contributed by atoms with E-state index >= 15 is 0 Å². The van der Waals surface area contributed by atoms with E-state index in [4.69, 9.17) is 0 Å². The van der Waals surface area contributed by atoms with Crippen LogP contribution >= 0.6 is 0 Å². The minimum atomic E-state index is -3.88. The lowest BCUT2D eigenvalue weighted by molar-refractivity contribution is -0.897. The molecule has 0 aromatic rings. The number of hydrogen-bond acceptors (Lipinski definition) is 3. The Labute approximate surface area is 143 Å². The van der Waals surface area contributed by atoms with Crippen LogP contribution in [-0.4, -0.2) is 45.8 Å². The van der Waals surface area contributed by atoms with Crippen molar-refractivity contribution in [1.29, 1.82) is 0 Å². The quantitative estimate of drug-likeness (QED) is 0.449. The fraction of sp³-hybridized carbons (Fsp3) is 1.00. The summed E-state index contributed by atoms with van der Waals surface area (Å²) < 4.78 is 36.3. The first kappa shape index (κ1) is 22.8. The molecule has 23 heavy (non-hydrogen) atoms. The van der Waals surface area contributed by atoms with Crippen molar-refractivity contribution in [2.24, 2.45) is 0 Å². The van der Waals surface area contributed by atoms with Gasteiger partial charge in [-0.25, -0.2) is 0 Å². The number of unbranched alkanes of at least 4 members (excludes halogenated alkanes) is 5. The van der Waals surface area contributed by atoms with Gasteiger partial charge in [0.05, 0.1) is 32.9 Å². The third-order valence-corrected chi connectivity index (χ3v) is 5.49. The lowest BCUT2D eigenvalue weighted by Crippen LogP contribution is -2.45. The van der Waals surface area contributed by atoms with E-state index in [1.165, 1.54) is 43.0 Å². The van der Waals surface area contributed by atoms with Crippen LogP contribution in [0, 0.1) is 0 Å². The zero-order valence-electron chi connectivity index (χ0n) is 15.5. The van der Waals surface area contributed by atoms with Crippen molar-refractivity contribution in [2.75, 3.05) is 26.9 Å². The second-order valence-corrected chi connectivity index (χ2v) is 9.15. The molecule has 4 nitrogen and oxygen atoms in total. The molecule has 0 radical (unpaired) electrons. The van der Waals surface area contributed by atoms with E-state index in [-0.39, 0.29) is 5.75 Å². The molecule has 1 aliphatic rings. The van der Waals surface area contributed by atoms with Crippen LogP contribution in [0.5, 0.6) is 0 Å². The Hall–Kier alpha value is -0.200. The first-order valence-corrected chi connectivity index (χ1v) is 10.6. The third-order valence-electron chi connectivity index (χ3n) is 4.51. The zero-order chi connectivity index (χ0) is 17.8. The lowest BCUT2D eigenvalue weighted by atomic mass is 9.94. The highest BCUT2D eigenvalue weighted by molar-refractivity contribution is 7.86. The summed E-state index contributed by atoms with van der Waals surface area (Å²) >= 11 is 0. The molecule has 0 aromatic heterocycles. The van der Waals surface area contributed by atoms with E-state index < -0.39 is 10.1 Å². The monoisotopic (exact) mass is 354 g/mol. The van der Waals surface area contributed by atoms with Crippen LogP contribution < -0.4 is 0 Å². The topological polar surface area (TPSA) is 43.4 Å². The van der Waals surface area contributed by atoms with Crippen molar-refractivity contribution in [3.05, 3.63) is 0 Å². The number of quaternary nitrogens is 1. The number of halogens is 1. The Kier molecular flexibility index (Phi) is 12.1. The van der Waals surface area contributed by atoms with E-state index in [1.54, 1.807) is 0 Å². The van der Waals surface area contributed by atoms with E-state index in [0.717, 1.165) is 31.7 Å². The highest BCUT2D eigenvalue weighted by atomic mass is 32.2. The summed E-state index contributed by atoms with van der Waals surface area (Å²) in [5.41, 5.74) is 0. The molecule has 1 fully saturated rings.